The van der Waals surface area contributed by atoms with Crippen LogP contribution in [-0.2, 0) is 0 Å². The van der Waals surface area contributed by atoms with Gasteiger partial charge in [-0.15, -0.1) is 0 Å². The van der Waals surface area contributed by atoms with Crippen LogP contribution in [0.3, 0.4) is 0 Å². The molecular weight excluding hydrogens is 349 g/mol. The Morgan fingerprint density at radius 2 is 1.60 bits per heavy atom. The van der Waals surface area contributed by atoms with E-state index in [0.717, 1.165) is 4.06 Å². The van der Waals surface area contributed by atoms with Crippen molar-refractivity contribution in [1.29, 1.82) is 0 Å². The van der Waals surface area contributed by atoms with Gasteiger partial charge in [0.2, 0.25) is 0 Å². The molecule has 1 nitrogen and oxygen atoms in total. The van der Waals surface area contributed by atoms with Crippen LogP contribution in [0.4, 0.5) is 0 Å². The third-order valence-electron chi connectivity index (χ3n) is 4.93. The zero-order valence-corrected chi connectivity index (χ0v) is 17.1. The second-order valence-corrected chi connectivity index (χ2v) is 20.5. The Balaban J connectivity index is 2.96. The molecule has 0 N–H and O–H groups in total. The predicted octanol–water partition coefficient (Wildman–Crippen LogP) is 5.76. The summed E-state index contributed by atoms with van der Waals surface area (Å²) in [4.78, 5) is 2.58. The third kappa shape index (κ3) is 5.12. The Hall–Kier alpha value is 0.0787. The number of hydrogen-bond donors (Lipinski definition) is 0. The molecule has 1 rings (SSSR count). The van der Waals surface area contributed by atoms with Crippen molar-refractivity contribution in [2.45, 2.75) is 76.7 Å². The van der Waals surface area contributed by atoms with Crippen molar-refractivity contribution in [1.82, 2.24) is 4.90 Å². The molecule has 0 radical (unpaired) electrons. The van der Waals surface area contributed by atoms with Gasteiger partial charge in [0.05, 0.1) is 0 Å². The minimum atomic E-state index is -2.09. The third-order valence-corrected chi connectivity index (χ3v) is 22.8. The summed E-state index contributed by atoms with van der Waals surface area (Å²) in [5.74, 6) is 0. The maximum atomic E-state index is 2.58. The Morgan fingerprint density at radius 1 is 0.950 bits per heavy atom. The monoisotopic (exact) mass is 385 g/mol. The molecule has 0 fully saturated rings. The van der Waals surface area contributed by atoms with E-state index in [1.807, 2.05) is 0 Å². The van der Waals surface area contributed by atoms with E-state index in [1.54, 1.807) is 13.3 Å². The molecule has 0 amide bonds. The summed E-state index contributed by atoms with van der Waals surface area (Å²) in [5.41, 5.74) is 0. The maximum absolute atomic E-state index is 2.58. The van der Waals surface area contributed by atoms with Gasteiger partial charge in [0.15, 0.2) is 0 Å². The van der Waals surface area contributed by atoms with Crippen molar-refractivity contribution >= 4 is 18.4 Å². The molecule has 0 aromatic rings. The van der Waals surface area contributed by atoms with Gasteiger partial charge in [-0.3, -0.25) is 0 Å². The molecule has 0 bridgehead atoms. The van der Waals surface area contributed by atoms with E-state index >= 15 is 0 Å². The molecule has 0 saturated heterocycles. The zero-order chi connectivity index (χ0) is 14.8. The Kier molecular flexibility index (Phi) is 8.99. The summed E-state index contributed by atoms with van der Waals surface area (Å²) in [6, 6.07) is 0. The van der Waals surface area contributed by atoms with E-state index in [0.29, 0.717) is 0 Å². The van der Waals surface area contributed by atoms with E-state index in [2.05, 4.69) is 57.1 Å². The molecule has 1 heterocycles. The van der Waals surface area contributed by atoms with Gasteiger partial charge in [0.25, 0.3) is 0 Å². The first-order valence-corrected chi connectivity index (χ1v) is 16.5. The van der Waals surface area contributed by atoms with Crippen molar-refractivity contribution in [2.24, 2.45) is 0 Å². The minimum absolute atomic E-state index is 0.886. The summed E-state index contributed by atoms with van der Waals surface area (Å²) in [7, 11) is 2.33. The zero-order valence-electron chi connectivity index (χ0n) is 14.2. The van der Waals surface area contributed by atoms with Crippen LogP contribution in [0.25, 0.3) is 0 Å². The molecule has 1 unspecified atom stereocenters. The molecule has 1 aliphatic rings. The predicted molar refractivity (Wildman–Crippen MR) is 94.7 cm³/mol. The van der Waals surface area contributed by atoms with Gasteiger partial charge in [-0.05, 0) is 0 Å². The van der Waals surface area contributed by atoms with Crippen LogP contribution < -0.4 is 0 Å². The van der Waals surface area contributed by atoms with Crippen molar-refractivity contribution in [2.75, 3.05) is 7.05 Å². The van der Waals surface area contributed by atoms with Crippen molar-refractivity contribution in [3.8, 4) is 0 Å². The number of hydrogen-bond acceptors (Lipinski definition) is 1. The van der Waals surface area contributed by atoms with E-state index in [1.165, 1.54) is 38.5 Å². The normalized spacial score (nSPS) is 19.4. The standard InChI is InChI=1S/C7H10N.2C4H9.C3H7.Sn/c1-8-6-4-2-3-5-7-8;2*1-3-4-2;1-3-2;/h2-4,6-7H,5H2,1H3;2*1,3-4H2,2H3;1,3H2,2H3;. The first-order valence-electron chi connectivity index (χ1n) is 8.75. The van der Waals surface area contributed by atoms with Crippen LogP contribution in [-0.4, -0.2) is 34.4 Å². The van der Waals surface area contributed by atoms with Crippen LogP contribution in [0.15, 0.2) is 24.4 Å². The first-order chi connectivity index (χ1) is 9.70. The molecule has 0 saturated carbocycles. The van der Waals surface area contributed by atoms with Crippen LogP contribution in [0.2, 0.25) is 13.3 Å². The van der Waals surface area contributed by atoms with Crippen LogP contribution in [0, 0.1) is 0 Å². The summed E-state index contributed by atoms with van der Waals surface area (Å²) in [6.45, 7) is 7.13. The van der Waals surface area contributed by atoms with Gasteiger partial charge in [-0.1, -0.05) is 0 Å². The molecule has 0 spiro atoms. The topological polar surface area (TPSA) is 3.24 Å². The molecule has 0 aromatic heterocycles. The van der Waals surface area contributed by atoms with Crippen molar-refractivity contribution in [3.63, 3.8) is 0 Å². The van der Waals surface area contributed by atoms with Crippen molar-refractivity contribution in [3.05, 3.63) is 24.4 Å². The summed E-state index contributed by atoms with van der Waals surface area (Å²) < 4.78 is 5.69. The number of unbranched alkanes of at least 4 members (excludes halogenated alkanes) is 2. The average molecular weight is 384 g/mol. The second-order valence-electron chi connectivity index (χ2n) is 6.51. The van der Waals surface area contributed by atoms with Gasteiger partial charge >= 0.3 is 131 Å². The van der Waals surface area contributed by atoms with Gasteiger partial charge in [0.1, 0.15) is 0 Å². The molecule has 116 valence electrons. The van der Waals surface area contributed by atoms with Crippen LogP contribution >= 0.6 is 0 Å². The summed E-state index contributed by atoms with van der Waals surface area (Å²) >= 11 is -2.09. The quantitative estimate of drug-likeness (QED) is 0.457. The van der Waals surface area contributed by atoms with Gasteiger partial charge < -0.3 is 0 Å². The SMILES string of the molecule is CCC[CH2][Sn]([CH2]CC)([CH2]CCC)[CH]1CC=CC=CN1C. The molecule has 20 heavy (non-hydrogen) atoms. The van der Waals surface area contributed by atoms with E-state index < -0.39 is 18.4 Å². The molecular formula is C18H35NSn. The number of allylic oxidation sites excluding steroid dienone is 2. The molecule has 1 atom stereocenters. The Bertz CT molecular complexity index is 301. The van der Waals surface area contributed by atoms with Crippen molar-refractivity contribution < 1.29 is 0 Å². The van der Waals surface area contributed by atoms with E-state index in [-0.39, 0.29) is 0 Å². The fourth-order valence-corrected chi connectivity index (χ4v) is 22.3. The second kappa shape index (κ2) is 9.91. The summed E-state index contributed by atoms with van der Waals surface area (Å²) in [5, 5.41) is 0. The number of nitrogens with zero attached hydrogens (tertiary/aromatic N) is 1. The molecule has 0 aromatic carbocycles. The first kappa shape index (κ1) is 18.1. The fourth-order valence-electron chi connectivity index (χ4n) is 3.85. The van der Waals surface area contributed by atoms with Crippen LogP contribution in [0.1, 0.15) is 59.3 Å². The molecule has 1 aliphatic heterocycles. The summed E-state index contributed by atoms with van der Waals surface area (Å²) in [6.07, 6.45) is 17.6. The molecule has 0 aliphatic carbocycles. The van der Waals surface area contributed by atoms with Gasteiger partial charge in [-0.2, -0.15) is 0 Å². The van der Waals surface area contributed by atoms with Gasteiger partial charge in [0, 0.05) is 0 Å². The number of rotatable bonds is 9. The van der Waals surface area contributed by atoms with Gasteiger partial charge in [-0.25, -0.2) is 0 Å². The van der Waals surface area contributed by atoms with Crippen LogP contribution in [0.5, 0.6) is 0 Å². The van der Waals surface area contributed by atoms with E-state index in [9.17, 15) is 0 Å². The Labute approximate surface area is 131 Å². The molecule has 2 heteroatoms. The Morgan fingerprint density at radius 3 is 2.15 bits per heavy atom. The fraction of sp³-hybridized carbons (Fsp3) is 0.778. The average Bonchev–Trinajstić information content (AvgIpc) is 2.67. The van der Waals surface area contributed by atoms with E-state index in [4.69, 9.17) is 0 Å².